The number of rotatable bonds is 8. The van der Waals surface area contributed by atoms with E-state index in [0.717, 1.165) is 29.5 Å². The van der Waals surface area contributed by atoms with Crippen molar-refractivity contribution in [1.29, 1.82) is 0 Å². The molecule has 1 aromatic heterocycles. The standard InChI is InChI=1S/C31H30F4N6O2/c1-19(2)27-16-24(38-25-13-22(12-23(15-25)31(33,34)35)20-4-3-5-26(42)14-20)7-6-21(27)17-37-40-30-36-18-28(32)29(39-30)41-8-10-43-11-9-41/h3-7,12-16,18-19,38,42H,8-11,17H2,1-2H3. The Kier molecular flexibility index (Phi) is 8.86. The average molecular weight is 595 g/mol. The maximum absolute atomic E-state index is 14.3. The number of morpholine rings is 1. The van der Waals surface area contributed by atoms with Crippen molar-refractivity contribution in [2.24, 2.45) is 10.2 Å². The molecule has 1 aliphatic heterocycles. The fraction of sp³-hybridized carbons (Fsp3) is 0.290. The Balaban J connectivity index is 1.37. The van der Waals surface area contributed by atoms with Crippen molar-refractivity contribution >= 4 is 23.1 Å². The van der Waals surface area contributed by atoms with Gasteiger partial charge in [0.25, 0.3) is 5.95 Å². The molecule has 0 spiro atoms. The summed E-state index contributed by atoms with van der Waals surface area (Å²) >= 11 is 0. The predicted molar refractivity (Wildman–Crippen MR) is 156 cm³/mol. The van der Waals surface area contributed by atoms with Crippen LogP contribution in [0.3, 0.4) is 0 Å². The molecule has 0 atom stereocenters. The van der Waals surface area contributed by atoms with E-state index < -0.39 is 17.6 Å². The van der Waals surface area contributed by atoms with E-state index in [1.54, 1.807) is 29.2 Å². The molecule has 2 heterocycles. The van der Waals surface area contributed by atoms with Crippen molar-refractivity contribution in [2.45, 2.75) is 32.5 Å². The molecule has 1 fully saturated rings. The molecule has 2 N–H and O–H groups in total. The number of aromatic nitrogens is 2. The Morgan fingerprint density at radius 2 is 1.79 bits per heavy atom. The third kappa shape index (κ3) is 7.44. The summed E-state index contributed by atoms with van der Waals surface area (Å²) in [5.74, 6) is -0.305. The number of hydrogen-bond acceptors (Lipinski definition) is 8. The monoisotopic (exact) mass is 594 g/mol. The van der Waals surface area contributed by atoms with Gasteiger partial charge in [-0.2, -0.15) is 23.3 Å². The van der Waals surface area contributed by atoms with Crippen LogP contribution in [0.4, 0.5) is 40.7 Å². The molecule has 5 rings (SSSR count). The molecule has 224 valence electrons. The summed E-state index contributed by atoms with van der Waals surface area (Å²) < 4.78 is 60.9. The lowest BCUT2D eigenvalue weighted by Crippen LogP contribution is -2.37. The van der Waals surface area contributed by atoms with Gasteiger partial charge in [0.15, 0.2) is 11.6 Å². The van der Waals surface area contributed by atoms with E-state index in [4.69, 9.17) is 4.74 Å². The van der Waals surface area contributed by atoms with Gasteiger partial charge in [0.05, 0.1) is 31.5 Å². The molecule has 0 unspecified atom stereocenters. The highest BCUT2D eigenvalue weighted by molar-refractivity contribution is 5.73. The second-order valence-corrected chi connectivity index (χ2v) is 10.4. The Morgan fingerprint density at radius 3 is 2.51 bits per heavy atom. The van der Waals surface area contributed by atoms with Crippen molar-refractivity contribution in [2.75, 3.05) is 36.5 Å². The van der Waals surface area contributed by atoms with Crippen molar-refractivity contribution in [1.82, 2.24) is 9.97 Å². The number of hydrogen-bond donors (Lipinski definition) is 2. The minimum absolute atomic E-state index is 0.0396. The molecule has 12 heteroatoms. The minimum atomic E-state index is -4.56. The van der Waals surface area contributed by atoms with Crippen LogP contribution in [0, 0.1) is 5.82 Å². The van der Waals surface area contributed by atoms with Gasteiger partial charge in [-0.05, 0) is 70.6 Å². The van der Waals surface area contributed by atoms with Crippen LogP contribution in [0.1, 0.15) is 36.5 Å². The van der Waals surface area contributed by atoms with Crippen molar-refractivity contribution in [3.63, 3.8) is 0 Å². The number of halogens is 4. The lowest BCUT2D eigenvalue weighted by molar-refractivity contribution is -0.137. The topological polar surface area (TPSA) is 95.2 Å². The SMILES string of the molecule is CC(C)c1cc(Nc2cc(-c3cccc(O)c3)cc(C(F)(F)F)c2)ccc1CN=Nc1ncc(F)c(N2CCOCC2)n1. The maximum Gasteiger partial charge on any atom is 0.416 e. The van der Waals surface area contributed by atoms with E-state index in [-0.39, 0.29) is 35.7 Å². The van der Waals surface area contributed by atoms with Crippen LogP contribution >= 0.6 is 0 Å². The molecule has 4 aromatic rings. The number of ether oxygens (including phenoxy) is 1. The van der Waals surface area contributed by atoms with Gasteiger partial charge in [-0.1, -0.05) is 32.0 Å². The third-order valence-electron chi connectivity index (χ3n) is 6.92. The van der Waals surface area contributed by atoms with Crippen LogP contribution in [0.2, 0.25) is 0 Å². The van der Waals surface area contributed by atoms with E-state index >= 15 is 0 Å². The number of aromatic hydroxyl groups is 1. The zero-order valence-electron chi connectivity index (χ0n) is 23.6. The highest BCUT2D eigenvalue weighted by Crippen LogP contribution is 2.37. The largest absolute Gasteiger partial charge is 0.508 e. The lowest BCUT2D eigenvalue weighted by Gasteiger charge is -2.27. The van der Waals surface area contributed by atoms with E-state index in [2.05, 4.69) is 25.5 Å². The van der Waals surface area contributed by atoms with Gasteiger partial charge in [0.2, 0.25) is 0 Å². The van der Waals surface area contributed by atoms with Gasteiger partial charge in [0.1, 0.15) is 5.75 Å². The van der Waals surface area contributed by atoms with Gasteiger partial charge in [-0.3, -0.25) is 0 Å². The van der Waals surface area contributed by atoms with Crippen molar-refractivity contribution in [3.05, 3.63) is 89.4 Å². The zero-order valence-corrected chi connectivity index (χ0v) is 23.6. The number of anilines is 3. The second-order valence-electron chi connectivity index (χ2n) is 10.4. The summed E-state index contributed by atoms with van der Waals surface area (Å²) in [5.41, 5.74) is 2.61. The van der Waals surface area contributed by atoms with Gasteiger partial charge >= 0.3 is 6.18 Å². The Morgan fingerprint density at radius 1 is 1.00 bits per heavy atom. The van der Waals surface area contributed by atoms with Gasteiger partial charge < -0.3 is 20.1 Å². The van der Waals surface area contributed by atoms with Crippen LogP contribution in [-0.4, -0.2) is 41.4 Å². The summed E-state index contributed by atoms with van der Waals surface area (Å²) in [5, 5.41) is 21.3. The van der Waals surface area contributed by atoms with Gasteiger partial charge in [-0.15, -0.1) is 5.11 Å². The second kappa shape index (κ2) is 12.7. The normalized spacial score (nSPS) is 14.1. The smallest absolute Gasteiger partial charge is 0.416 e. The van der Waals surface area contributed by atoms with E-state index in [1.807, 2.05) is 26.0 Å². The third-order valence-corrected chi connectivity index (χ3v) is 6.92. The van der Waals surface area contributed by atoms with E-state index in [0.29, 0.717) is 43.1 Å². The van der Waals surface area contributed by atoms with Crippen LogP contribution in [0.25, 0.3) is 11.1 Å². The number of phenols is 1. The number of benzene rings is 3. The number of phenolic OH excluding ortho intramolecular Hbond substituents is 1. The molecule has 0 radical (unpaired) electrons. The average Bonchev–Trinajstić information content (AvgIpc) is 2.98. The molecule has 1 saturated heterocycles. The fourth-order valence-corrected chi connectivity index (χ4v) is 4.81. The Hall–Kier alpha value is -4.58. The first-order valence-corrected chi connectivity index (χ1v) is 13.7. The summed E-state index contributed by atoms with van der Waals surface area (Å²) in [7, 11) is 0. The molecule has 0 bridgehead atoms. The lowest BCUT2D eigenvalue weighted by atomic mass is 9.96. The molecule has 3 aromatic carbocycles. The minimum Gasteiger partial charge on any atom is -0.508 e. The van der Waals surface area contributed by atoms with Crippen molar-refractivity contribution in [3.8, 4) is 16.9 Å². The number of nitrogens with one attached hydrogen (secondary N) is 1. The molecule has 43 heavy (non-hydrogen) atoms. The van der Waals surface area contributed by atoms with Crippen LogP contribution in [-0.2, 0) is 17.5 Å². The first-order valence-electron chi connectivity index (χ1n) is 13.7. The number of nitrogens with zero attached hydrogens (tertiary/aromatic N) is 5. The molecular formula is C31H30F4N6O2. The molecule has 8 nitrogen and oxygen atoms in total. The van der Waals surface area contributed by atoms with E-state index in [9.17, 15) is 22.7 Å². The zero-order chi connectivity index (χ0) is 30.6. The van der Waals surface area contributed by atoms with Crippen LogP contribution in [0.15, 0.2) is 77.1 Å². The maximum atomic E-state index is 14.3. The molecule has 0 saturated carbocycles. The highest BCUT2D eigenvalue weighted by atomic mass is 19.4. The highest BCUT2D eigenvalue weighted by Gasteiger charge is 2.31. The Labute approximate surface area is 246 Å². The molecule has 0 amide bonds. The summed E-state index contributed by atoms with van der Waals surface area (Å²) in [6.07, 6.45) is -3.48. The molecule has 0 aliphatic carbocycles. The number of alkyl halides is 3. The quantitative estimate of drug-likeness (QED) is 0.159. The van der Waals surface area contributed by atoms with Gasteiger partial charge in [-0.25, -0.2) is 9.37 Å². The number of azo groups is 1. The summed E-state index contributed by atoms with van der Waals surface area (Å²) in [4.78, 5) is 9.93. The first kappa shape index (κ1) is 29.9. The van der Waals surface area contributed by atoms with Gasteiger partial charge in [0, 0.05) is 24.5 Å². The van der Waals surface area contributed by atoms with Crippen molar-refractivity contribution < 1.29 is 27.4 Å². The summed E-state index contributed by atoms with van der Waals surface area (Å²) in [6.45, 7) is 6.20. The van der Waals surface area contributed by atoms with Crippen LogP contribution < -0.4 is 10.2 Å². The predicted octanol–water partition coefficient (Wildman–Crippen LogP) is 7.99. The Bertz CT molecular complexity index is 1620. The van der Waals surface area contributed by atoms with E-state index in [1.165, 1.54) is 12.1 Å². The molecule has 1 aliphatic rings. The van der Waals surface area contributed by atoms with Crippen LogP contribution in [0.5, 0.6) is 5.75 Å². The summed E-state index contributed by atoms with van der Waals surface area (Å²) in [6, 6.07) is 15.3. The fourth-order valence-electron chi connectivity index (χ4n) is 4.81. The first-order chi connectivity index (χ1) is 20.6. The molecular weight excluding hydrogens is 564 g/mol.